The predicted octanol–water partition coefficient (Wildman–Crippen LogP) is 3.68. The third kappa shape index (κ3) is 5.03. The zero-order valence-corrected chi connectivity index (χ0v) is 12.0. The van der Waals surface area contributed by atoms with Gasteiger partial charge in [-0.1, -0.05) is 23.9 Å². The number of anilines is 1. The van der Waals surface area contributed by atoms with Crippen LogP contribution < -0.4 is 5.32 Å². The summed E-state index contributed by atoms with van der Waals surface area (Å²) in [7, 11) is 0. The Hall–Kier alpha value is -2.15. The molecule has 0 unspecified atom stereocenters. The molecular weight excluding hydrogens is 296 g/mol. The first-order valence-corrected chi connectivity index (χ1v) is 6.97. The van der Waals surface area contributed by atoms with Gasteiger partial charge in [-0.3, -0.25) is 9.89 Å². The smallest absolute Gasteiger partial charge is 0.288 e. The molecule has 2 N–H and O–H groups in total. The number of carbonyl (C=O) groups excluding carboxylic acids is 1. The van der Waals surface area contributed by atoms with Gasteiger partial charge in [0.25, 0.3) is 5.76 Å². The van der Waals surface area contributed by atoms with E-state index in [0.29, 0.717) is 22.5 Å². The molecular formula is C14H13F2N3OS. The van der Waals surface area contributed by atoms with Crippen molar-refractivity contribution in [1.29, 1.82) is 0 Å². The number of aryl methyl sites for hydroxylation is 1. The van der Waals surface area contributed by atoms with Crippen molar-refractivity contribution in [1.82, 2.24) is 10.2 Å². The Morgan fingerprint density at radius 1 is 1.38 bits per heavy atom. The van der Waals surface area contributed by atoms with Crippen molar-refractivity contribution in [2.24, 2.45) is 0 Å². The molecule has 1 aromatic heterocycles. The second-order valence-electron chi connectivity index (χ2n) is 4.21. The van der Waals surface area contributed by atoms with Gasteiger partial charge in [0.2, 0.25) is 5.91 Å². The van der Waals surface area contributed by atoms with E-state index in [1.165, 1.54) is 6.08 Å². The number of benzene rings is 1. The Kier molecular flexibility index (Phi) is 5.10. The van der Waals surface area contributed by atoms with E-state index < -0.39 is 5.76 Å². The SMILES string of the molecule is Cc1cc(NC(=O)C=Cc2ccc(SC(F)F)cc2)n[nH]1. The number of hydrogen-bond acceptors (Lipinski definition) is 3. The molecule has 0 atom stereocenters. The van der Waals surface area contributed by atoms with E-state index in [9.17, 15) is 13.6 Å². The molecule has 0 aliphatic heterocycles. The Morgan fingerprint density at radius 3 is 2.67 bits per heavy atom. The maximum atomic E-state index is 12.2. The average molecular weight is 309 g/mol. The molecule has 0 aliphatic rings. The van der Waals surface area contributed by atoms with Crippen LogP contribution in [0.1, 0.15) is 11.3 Å². The molecule has 0 radical (unpaired) electrons. The summed E-state index contributed by atoms with van der Waals surface area (Å²) >= 11 is 0.487. The van der Waals surface area contributed by atoms with Crippen LogP contribution in [0.5, 0.6) is 0 Å². The number of rotatable bonds is 5. The maximum Gasteiger partial charge on any atom is 0.288 e. The summed E-state index contributed by atoms with van der Waals surface area (Å²) in [4.78, 5) is 12.1. The number of amides is 1. The molecule has 0 aliphatic carbocycles. The third-order valence-corrected chi connectivity index (χ3v) is 3.21. The lowest BCUT2D eigenvalue weighted by molar-refractivity contribution is -0.111. The molecule has 7 heteroatoms. The van der Waals surface area contributed by atoms with Gasteiger partial charge in [-0.05, 0) is 30.7 Å². The third-order valence-electron chi connectivity index (χ3n) is 2.49. The summed E-state index contributed by atoms with van der Waals surface area (Å²) in [5.41, 5.74) is 1.60. The molecule has 1 aromatic carbocycles. The van der Waals surface area contributed by atoms with Gasteiger partial charge in [0, 0.05) is 22.7 Å². The Balaban J connectivity index is 1.92. The lowest BCUT2D eigenvalue weighted by Crippen LogP contribution is -2.07. The number of H-pyrrole nitrogens is 1. The number of hydrogen-bond donors (Lipinski definition) is 2. The van der Waals surface area contributed by atoms with Gasteiger partial charge in [0.1, 0.15) is 0 Å². The highest BCUT2D eigenvalue weighted by atomic mass is 32.2. The summed E-state index contributed by atoms with van der Waals surface area (Å²) in [6, 6.07) is 8.24. The fraction of sp³-hybridized carbons (Fsp3) is 0.143. The second kappa shape index (κ2) is 7.03. The van der Waals surface area contributed by atoms with Gasteiger partial charge in [0.15, 0.2) is 5.82 Å². The van der Waals surface area contributed by atoms with Crippen LogP contribution in [0.3, 0.4) is 0 Å². The lowest BCUT2D eigenvalue weighted by Gasteiger charge is -2.00. The molecule has 0 fully saturated rings. The van der Waals surface area contributed by atoms with Gasteiger partial charge in [-0.2, -0.15) is 13.9 Å². The Labute approximate surface area is 124 Å². The van der Waals surface area contributed by atoms with E-state index in [0.717, 1.165) is 11.3 Å². The molecule has 1 amide bonds. The molecule has 0 saturated heterocycles. The topological polar surface area (TPSA) is 57.8 Å². The lowest BCUT2D eigenvalue weighted by atomic mass is 10.2. The monoisotopic (exact) mass is 309 g/mol. The number of carbonyl (C=O) groups is 1. The van der Waals surface area contributed by atoms with Crippen LogP contribution in [0.15, 0.2) is 41.3 Å². The highest BCUT2D eigenvalue weighted by Gasteiger charge is 2.04. The first-order chi connectivity index (χ1) is 10.0. The predicted molar refractivity (Wildman–Crippen MR) is 79.3 cm³/mol. The molecule has 2 aromatic rings. The van der Waals surface area contributed by atoms with Gasteiger partial charge < -0.3 is 5.32 Å². The molecule has 2 rings (SSSR count). The first-order valence-electron chi connectivity index (χ1n) is 6.09. The van der Waals surface area contributed by atoms with Crippen molar-refractivity contribution in [2.45, 2.75) is 17.6 Å². The van der Waals surface area contributed by atoms with Crippen LogP contribution in [0.2, 0.25) is 0 Å². The van der Waals surface area contributed by atoms with E-state index in [1.807, 2.05) is 6.92 Å². The molecule has 1 heterocycles. The molecule has 0 bridgehead atoms. The molecule has 110 valence electrons. The minimum Gasteiger partial charge on any atom is -0.306 e. The minimum atomic E-state index is -2.44. The van der Waals surface area contributed by atoms with E-state index in [1.54, 1.807) is 36.4 Å². The van der Waals surface area contributed by atoms with Crippen molar-refractivity contribution in [3.63, 3.8) is 0 Å². The zero-order chi connectivity index (χ0) is 15.2. The summed E-state index contributed by atoms with van der Waals surface area (Å²) < 4.78 is 24.3. The maximum absolute atomic E-state index is 12.2. The number of alkyl halides is 2. The number of halogens is 2. The van der Waals surface area contributed by atoms with E-state index in [4.69, 9.17) is 0 Å². The summed E-state index contributed by atoms with van der Waals surface area (Å²) in [5, 5.41) is 9.20. The Bertz CT molecular complexity index is 638. The van der Waals surface area contributed by atoms with Crippen LogP contribution in [0.4, 0.5) is 14.6 Å². The number of nitrogens with zero attached hydrogens (tertiary/aromatic N) is 1. The van der Waals surface area contributed by atoms with Gasteiger partial charge in [-0.25, -0.2) is 0 Å². The van der Waals surface area contributed by atoms with Crippen LogP contribution in [-0.2, 0) is 4.79 Å². The fourth-order valence-corrected chi connectivity index (χ4v) is 2.08. The highest BCUT2D eigenvalue weighted by molar-refractivity contribution is 7.99. The van der Waals surface area contributed by atoms with E-state index >= 15 is 0 Å². The van der Waals surface area contributed by atoms with Gasteiger partial charge >= 0.3 is 0 Å². The van der Waals surface area contributed by atoms with Crippen molar-refractivity contribution in [3.8, 4) is 0 Å². The van der Waals surface area contributed by atoms with Crippen LogP contribution in [-0.4, -0.2) is 21.9 Å². The highest BCUT2D eigenvalue weighted by Crippen LogP contribution is 2.25. The van der Waals surface area contributed by atoms with Gasteiger partial charge in [-0.15, -0.1) is 0 Å². The van der Waals surface area contributed by atoms with E-state index in [-0.39, 0.29) is 5.91 Å². The average Bonchev–Trinajstić information content (AvgIpc) is 2.83. The minimum absolute atomic E-state index is 0.312. The number of nitrogens with one attached hydrogen (secondary N) is 2. The quantitative estimate of drug-likeness (QED) is 0.654. The summed E-state index contributed by atoms with van der Waals surface area (Å²) in [6.07, 6.45) is 2.96. The molecule has 4 nitrogen and oxygen atoms in total. The van der Waals surface area contributed by atoms with Crippen LogP contribution in [0.25, 0.3) is 6.08 Å². The number of aromatic amines is 1. The van der Waals surface area contributed by atoms with Crippen molar-refractivity contribution < 1.29 is 13.6 Å². The van der Waals surface area contributed by atoms with Crippen LogP contribution in [0, 0.1) is 6.92 Å². The summed E-state index contributed by atoms with van der Waals surface area (Å²) in [6.45, 7) is 1.83. The largest absolute Gasteiger partial charge is 0.306 e. The first kappa shape index (κ1) is 15.2. The molecule has 21 heavy (non-hydrogen) atoms. The fourth-order valence-electron chi connectivity index (χ4n) is 1.58. The standard InChI is InChI=1S/C14H13F2N3OS/c1-9-8-12(19-18-9)17-13(20)7-4-10-2-5-11(6-3-10)21-14(15)16/h2-8,14H,1H3,(H2,17,18,19,20). The van der Waals surface area contributed by atoms with Crippen molar-refractivity contribution in [3.05, 3.63) is 47.7 Å². The zero-order valence-electron chi connectivity index (χ0n) is 11.1. The summed E-state index contributed by atoms with van der Waals surface area (Å²) in [5.74, 6) is -2.30. The number of thioether (sulfide) groups is 1. The molecule has 0 saturated carbocycles. The molecule has 0 spiro atoms. The normalized spacial score (nSPS) is 11.2. The van der Waals surface area contributed by atoms with Crippen molar-refractivity contribution >= 4 is 29.6 Å². The van der Waals surface area contributed by atoms with Crippen molar-refractivity contribution in [2.75, 3.05) is 5.32 Å². The van der Waals surface area contributed by atoms with E-state index in [2.05, 4.69) is 15.5 Å². The van der Waals surface area contributed by atoms with Gasteiger partial charge in [0.05, 0.1) is 0 Å². The van der Waals surface area contributed by atoms with Crippen LogP contribution >= 0.6 is 11.8 Å². The Morgan fingerprint density at radius 2 is 2.10 bits per heavy atom. The number of aromatic nitrogens is 2. The second-order valence-corrected chi connectivity index (χ2v) is 5.27.